The van der Waals surface area contributed by atoms with Crippen LogP contribution in [0.2, 0.25) is 0 Å². The molecule has 1 amide bonds. The van der Waals surface area contributed by atoms with Gasteiger partial charge in [-0.05, 0) is 48.7 Å². The number of carbonyl (C=O) groups is 1. The first-order valence-electron chi connectivity index (χ1n) is 10.4. The molecule has 170 valence electrons. The van der Waals surface area contributed by atoms with E-state index in [0.29, 0.717) is 36.0 Å². The summed E-state index contributed by atoms with van der Waals surface area (Å²) in [5.74, 6) is -0.346. The number of aromatic amines is 1. The fraction of sp³-hybridized carbons (Fsp3) is 0.318. The lowest BCUT2D eigenvalue weighted by atomic mass is 10.1. The van der Waals surface area contributed by atoms with Crippen LogP contribution in [0.3, 0.4) is 0 Å². The molecule has 4 N–H and O–H groups in total. The summed E-state index contributed by atoms with van der Waals surface area (Å²) < 4.78 is 23.8. The Balaban J connectivity index is 1.68. The number of unbranched alkanes of at least 4 members (excludes halogenated alkanes) is 2. The van der Waals surface area contributed by atoms with Crippen molar-refractivity contribution in [2.24, 2.45) is 5.14 Å². The molecule has 0 fully saturated rings. The van der Waals surface area contributed by atoms with Crippen LogP contribution in [0.1, 0.15) is 42.1 Å². The number of benzene rings is 2. The van der Waals surface area contributed by atoms with Crippen molar-refractivity contribution in [1.82, 2.24) is 14.9 Å². The van der Waals surface area contributed by atoms with E-state index in [9.17, 15) is 22.8 Å². The molecular weight excluding hydrogens is 432 g/mol. The predicted molar refractivity (Wildman–Crippen MR) is 122 cm³/mol. The molecule has 2 aromatic carbocycles. The number of sulfonamides is 1. The number of primary sulfonamides is 1. The maximum Gasteiger partial charge on any atom is 0.328 e. The van der Waals surface area contributed by atoms with E-state index >= 15 is 0 Å². The van der Waals surface area contributed by atoms with Gasteiger partial charge in [0.15, 0.2) is 0 Å². The summed E-state index contributed by atoms with van der Waals surface area (Å²) in [6.45, 7) is 2.73. The highest BCUT2D eigenvalue weighted by Crippen LogP contribution is 2.11. The van der Waals surface area contributed by atoms with Gasteiger partial charge < -0.3 is 10.3 Å². The van der Waals surface area contributed by atoms with Gasteiger partial charge in [-0.3, -0.25) is 14.2 Å². The molecule has 0 bridgehead atoms. The van der Waals surface area contributed by atoms with Crippen LogP contribution in [-0.4, -0.2) is 30.4 Å². The fourth-order valence-electron chi connectivity index (χ4n) is 3.39. The van der Waals surface area contributed by atoms with Crippen molar-refractivity contribution in [3.63, 3.8) is 0 Å². The fourth-order valence-corrected chi connectivity index (χ4v) is 3.90. The Morgan fingerprint density at radius 2 is 1.81 bits per heavy atom. The molecule has 32 heavy (non-hydrogen) atoms. The molecule has 0 radical (unpaired) electrons. The minimum absolute atomic E-state index is 0.0277. The van der Waals surface area contributed by atoms with Crippen LogP contribution in [0, 0.1) is 0 Å². The summed E-state index contributed by atoms with van der Waals surface area (Å²) in [7, 11) is -3.74. The van der Waals surface area contributed by atoms with E-state index in [0.717, 1.165) is 24.8 Å². The smallest absolute Gasteiger partial charge is 0.328 e. The summed E-state index contributed by atoms with van der Waals surface area (Å²) >= 11 is 0. The number of nitrogens with two attached hydrogens (primary N) is 1. The Morgan fingerprint density at radius 3 is 2.47 bits per heavy atom. The molecule has 9 nitrogen and oxygen atoms in total. The summed E-state index contributed by atoms with van der Waals surface area (Å²) in [6, 6.07) is 10.7. The molecule has 1 heterocycles. The number of carbonyl (C=O) groups excluding carboxylic acids is 1. The highest BCUT2D eigenvalue weighted by atomic mass is 32.2. The van der Waals surface area contributed by atoms with Crippen LogP contribution in [0.15, 0.2) is 56.9 Å². The number of aromatic nitrogens is 2. The van der Waals surface area contributed by atoms with Crippen molar-refractivity contribution in [2.45, 2.75) is 44.0 Å². The Bertz CT molecular complexity index is 1340. The molecule has 0 saturated carbocycles. The molecule has 1 aromatic heterocycles. The molecule has 3 rings (SSSR count). The van der Waals surface area contributed by atoms with Crippen molar-refractivity contribution in [1.29, 1.82) is 0 Å². The second-order valence-electron chi connectivity index (χ2n) is 7.55. The molecular formula is C22H26N4O5S. The quantitative estimate of drug-likeness (QED) is 0.416. The third kappa shape index (κ3) is 5.51. The van der Waals surface area contributed by atoms with E-state index in [1.54, 1.807) is 24.3 Å². The summed E-state index contributed by atoms with van der Waals surface area (Å²) in [5, 5.41) is 8.21. The molecule has 0 atom stereocenters. The number of H-pyrrole nitrogens is 1. The first-order valence-corrected chi connectivity index (χ1v) is 11.9. The topological polar surface area (TPSA) is 144 Å². The van der Waals surface area contributed by atoms with Crippen molar-refractivity contribution in [3.8, 4) is 0 Å². The molecule has 0 aliphatic carbocycles. The number of nitrogens with one attached hydrogen (secondary N) is 2. The standard InChI is InChI=1S/C22H26N4O5S/c1-2-3-4-13-26-21(28)18-10-7-16(14-19(18)25-22(26)29)20(27)24-12-11-15-5-8-17(9-6-15)32(23,30)31/h5-10,14H,2-4,11-13H2,1H3,(H,24,27)(H,25,29)(H2,23,30,31). The Labute approximate surface area is 185 Å². The van der Waals surface area contributed by atoms with Gasteiger partial charge in [0, 0.05) is 18.7 Å². The average Bonchev–Trinajstić information content (AvgIpc) is 2.75. The van der Waals surface area contributed by atoms with E-state index in [-0.39, 0.29) is 16.4 Å². The second kappa shape index (κ2) is 9.92. The van der Waals surface area contributed by atoms with Gasteiger partial charge in [-0.15, -0.1) is 0 Å². The molecule has 10 heteroatoms. The van der Waals surface area contributed by atoms with Gasteiger partial charge in [0.1, 0.15) is 0 Å². The normalized spacial score (nSPS) is 11.6. The minimum atomic E-state index is -3.74. The maximum atomic E-state index is 12.6. The van der Waals surface area contributed by atoms with Gasteiger partial charge in [-0.25, -0.2) is 18.4 Å². The monoisotopic (exact) mass is 458 g/mol. The van der Waals surface area contributed by atoms with Crippen molar-refractivity contribution >= 4 is 26.8 Å². The number of hydrogen-bond donors (Lipinski definition) is 3. The molecule has 3 aromatic rings. The SMILES string of the molecule is CCCCCn1c(=O)[nH]c2cc(C(=O)NCCc3ccc(S(N)(=O)=O)cc3)ccc2c1=O. The molecule has 0 aliphatic heterocycles. The lowest BCUT2D eigenvalue weighted by Crippen LogP contribution is -2.35. The Hall–Kier alpha value is -3.24. The summed E-state index contributed by atoms with van der Waals surface area (Å²) in [4.78, 5) is 40.2. The number of amides is 1. The highest BCUT2D eigenvalue weighted by molar-refractivity contribution is 7.89. The third-order valence-electron chi connectivity index (χ3n) is 5.18. The van der Waals surface area contributed by atoms with Crippen LogP contribution in [-0.2, 0) is 23.0 Å². The number of nitrogens with zero attached hydrogens (tertiary/aromatic N) is 1. The third-order valence-corrected chi connectivity index (χ3v) is 6.11. The largest absolute Gasteiger partial charge is 0.352 e. The Kier molecular flexibility index (Phi) is 7.26. The average molecular weight is 459 g/mol. The van der Waals surface area contributed by atoms with Crippen LogP contribution in [0.4, 0.5) is 0 Å². The lowest BCUT2D eigenvalue weighted by Gasteiger charge is -2.09. The number of hydrogen-bond acceptors (Lipinski definition) is 5. The van der Waals surface area contributed by atoms with Crippen molar-refractivity contribution in [3.05, 3.63) is 74.4 Å². The first kappa shape index (κ1) is 23.4. The second-order valence-corrected chi connectivity index (χ2v) is 9.11. The summed E-state index contributed by atoms with van der Waals surface area (Å²) in [6.07, 6.45) is 3.15. The predicted octanol–water partition coefficient (Wildman–Crippen LogP) is 1.50. The van der Waals surface area contributed by atoms with E-state index in [1.165, 1.54) is 22.8 Å². The Morgan fingerprint density at radius 1 is 1.09 bits per heavy atom. The zero-order valence-corrected chi connectivity index (χ0v) is 18.6. The van der Waals surface area contributed by atoms with Crippen molar-refractivity contribution < 1.29 is 13.2 Å². The molecule has 0 spiro atoms. The van der Waals surface area contributed by atoms with E-state index in [1.807, 2.05) is 6.92 Å². The maximum absolute atomic E-state index is 12.6. The van der Waals surface area contributed by atoms with Crippen LogP contribution < -0.4 is 21.7 Å². The van der Waals surface area contributed by atoms with E-state index in [2.05, 4.69) is 10.3 Å². The number of fused-ring (bicyclic) bond motifs is 1. The minimum Gasteiger partial charge on any atom is -0.352 e. The van der Waals surface area contributed by atoms with Gasteiger partial charge in [0.05, 0.1) is 15.8 Å². The van der Waals surface area contributed by atoms with Crippen LogP contribution >= 0.6 is 0 Å². The van der Waals surface area contributed by atoms with Gasteiger partial charge in [-0.1, -0.05) is 31.9 Å². The van der Waals surface area contributed by atoms with Gasteiger partial charge >= 0.3 is 5.69 Å². The van der Waals surface area contributed by atoms with Crippen LogP contribution in [0.5, 0.6) is 0 Å². The molecule has 0 unspecified atom stereocenters. The summed E-state index contributed by atoms with van der Waals surface area (Å²) in [5.41, 5.74) is 0.622. The zero-order valence-electron chi connectivity index (χ0n) is 17.8. The number of rotatable bonds is 9. The van der Waals surface area contributed by atoms with Crippen molar-refractivity contribution in [2.75, 3.05) is 6.54 Å². The van der Waals surface area contributed by atoms with E-state index in [4.69, 9.17) is 5.14 Å². The van der Waals surface area contributed by atoms with Gasteiger partial charge in [0.25, 0.3) is 11.5 Å². The molecule has 0 saturated heterocycles. The first-order chi connectivity index (χ1) is 15.2. The van der Waals surface area contributed by atoms with Gasteiger partial charge in [-0.2, -0.15) is 0 Å². The zero-order chi connectivity index (χ0) is 23.3. The van der Waals surface area contributed by atoms with E-state index < -0.39 is 15.7 Å². The molecule has 0 aliphatic rings. The van der Waals surface area contributed by atoms with Crippen LogP contribution in [0.25, 0.3) is 10.9 Å². The van der Waals surface area contributed by atoms with Gasteiger partial charge in [0.2, 0.25) is 10.0 Å². The lowest BCUT2D eigenvalue weighted by molar-refractivity contribution is 0.0954. The highest BCUT2D eigenvalue weighted by Gasteiger charge is 2.12.